The van der Waals surface area contributed by atoms with E-state index in [1.807, 2.05) is 39.8 Å². The molecule has 1 heterocycles. The van der Waals surface area contributed by atoms with Crippen LogP contribution in [0.15, 0.2) is 53.2 Å². The highest BCUT2D eigenvalue weighted by atomic mass is 16.6. The highest BCUT2D eigenvalue weighted by Crippen LogP contribution is 2.35. The van der Waals surface area contributed by atoms with Crippen LogP contribution in [-0.2, 0) is 19.0 Å². The van der Waals surface area contributed by atoms with Crippen LogP contribution in [0.25, 0.3) is 6.08 Å². The number of anilines is 1. The second-order valence-electron chi connectivity index (χ2n) is 9.78. The number of rotatable bonds is 3. The first kappa shape index (κ1) is 30.7. The number of fused-ring (bicyclic) bond motifs is 2. The zero-order valence-electron chi connectivity index (χ0n) is 23.1. The highest BCUT2D eigenvalue weighted by Gasteiger charge is 2.28. The molecule has 5 atom stereocenters. The minimum atomic E-state index is -0.885. The first-order valence-electron chi connectivity index (χ1n) is 12.5. The van der Waals surface area contributed by atoms with Gasteiger partial charge >= 0.3 is 6.09 Å². The standard InChI is InChI=1S/C29H40N2O7/c1-16-11-21-14-22(32)15-23(25(21)33)31-28(34)18(3)10-8-9-17(2)26(38-29(30)35)19(4)13-20(5)27(37-7)24(12-16)36-6/h8-11,13-15,17,20,24,26-27,32-33H,12H2,1-7H3,(H2,30,35)(H,31,34)/t17-,20-,24-,26+,27+/m0/s1. The Kier molecular flexibility index (Phi) is 11.2. The van der Waals surface area contributed by atoms with E-state index in [1.165, 1.54) is 12.1 Å². The Morgan fingerprint density at radius 1 is 1.08 bits per heavy atom. The number of hydrogen-bond donors (Lipinski definition) is 4. The lowest BCUT2D eigenvalue weighted by atomic mass is 9.89. The molecule has 1 aromatic rings. The molecular weight excluding hydrogens is 488 g/mol. The lowest BCUT2D eigenvalue weighted by molar-refractivity contribution is -0.112. The van der Waals surface area contributed by atoms with Gasteiger partial charge in [0, 0.05) is 43.3 Å². The molecule has 0 unspecified atom stereocenters. The van der Waals surface area contributed by atoms with E-state index in [0.717, 1.165) is 11.1 Å². The van der Waals surface area contributed by atoms with E-state index in [1.54, 1.807) is 39.4 Å². The predicted molar refractivity (Wildman–Crippen MR) is 148 cm³/mol. The van der Waals surface area contributed by atoms with Crippen LogP contribution in [0.1, 0.15) is 46.6 Å². The van der Waals surface area contributed by atoms with E-state index in [-0.39, 0.29) is 41.2 Å². The van der Waals surface area contributed by atoms with Crippen LogP contribution >= 0.6 is 0 Å². The molecule has 9 heteroatoms. The Labute approximate surface area is 224 Å². The summed E-state index contributed by atoms with van der Waals surface area (Å²) in [5.41, 5.74) is 7.81. The fourth-order valence-corrected chi connectivity index (χ4v) is 4.64. The molecule has 0 aliphatic carbocycles. The predicted octanol–water partition coefficient (Wildman–Crippen LogP) is 5.06. The third kappa shape index (κ3) is 8.22. The average molecular weight is 529 g/mol. The van der Waals surface area contributed by atoms with E-state index < -0.39 is 18.1 Å². The normalized spacial score (nSPS) is 25.6. The van der Waals surface area contributed by atoms with Crippen LogP contribution in [0, 0.1) is 11.8 Å². The van der Waals surface area contributed by atoms with Gasteiger partial charge in [-0.2, -0.15) is 0 Å². The molecular formula is C29H40N2O7. The molecule has 0 radical (unpaired) electrons. The number of allylic oxidation sites excluding steroid dienone is 2. The van der Waals surface area contributed by atoms with Crippen LogP contribution in [0.5, 0.6) is 11.5 Å². The number of hydrogen-bond acceptors (Lipinski definition) is 7. The van der Waals surface area contributed by atoms with Gasteiger partial charge in [-0.1, -0.05) is 49.8 Å². The third-order valence-corrected chi connectivity index (χ3v) is 6.57. The number of nitrogens with two attached hydrogens (primary N) is 1. The molecule has 2 rings (SSSR count). The fourth-order valence-electron chi connectivity index (χ4n) is 4.64. The number of primary amides is 1. The van der Waals surface area contributed by atoms with Gasteiger partial charge in [0.25, 0.3) is 5.91 Å². The van der Waals surface area contributed by atoms with Gasteiger partial charge in [0.15, 0.2) is 0 Å². The molecule has 0 spiro atoms. The number of aromatic hydroxyl groups is 2. The van der Waals surface area contributed by atoms with Crippen molar-refractivity contribution in [3.05, 3.63) is 58.7 Å². The molecule has 1 aliphatic heterocycles. The van der Waals surface area contributed by atoms with Crippen molar-refractivity contribution in [3.63, 3.8) is 0 Å². The topological polar surface area (TPSA) is 140 Å². The van der Waals surface area contributed by atoms with Crippen molar-refractivity contribution in [2.24, 2.45) is 17.6 Å². The number of phenolic OH excluding ortho intramolecular Hbond substituents is 2. The molecule has 208 valence electrons. The average Bonchev–Trinajstić information content (AvgIpc) is 2.83. The summed E-state index contributed by atoms with van der Waals surface area (Å²) in [6.07, 6.45) is 7.07. The van der Waals surface area contributed by atoms with Crippen LogP contribution in [0.3, 0.4) is 0 Å². The summed E-state index contributed by atoms with van der Waals surface area (Å²) >= 11 is 0. The minimum Gasteiger partial charge on any atom is -0.508 e. The molecule has 0 aromatic heterocycles. The van der Waals surface area contributed by atoms with Gasteiger partial charge in [-0.3, -0.25) is 4.79 Å². The van der Waals surface area contributed by atoms with Crippen LogP contribution < -0.4 is 11.1 Å². The summed E-state index contributed by atoms with van der Waals surface area (Å²) in [4.78, 5) is 24.4. The zero-order chi connectivity index (χ0) is 28.6. The smallest absolute Gasteiger partial charge is 0.405 e. The Bertz CT molecular complexity index is 1140. The molecule has 0 fully saturated rings. The molecule has 2 amide bonds. The van der Waals surface area contributed by atoms with Crippen molar-refractivity contribution in [2.75, 3.05) is 19.5 Å². The molecule has 1 aromatic carbocycles. The lowest BCUT2D eigenvalue weighted by Gasteiger charge is -2.30. The first-order chi connectivity index (χ1) is 17.9. The van der Waals surface area contributed by atoms with E-state index >= 15 is 0 Å². The maximum atomic E-state index is 12.8. The summed E-state index contributed by atoms with van der Waals surface area (Å²) in [7, 11) is 3.21. The van der Waals surface area contributed by atoms with Crippen molar-refractivity contribution >= 4 is 23.8 Å². The van der Waals surface area contributed by atoms with Gasteiger partial charge < -0.3 is 35.5 Å². The number of amides is 2. The Morgan fingerprint density at radius 3 is 2.37 bits per heavy atom. The zero-order valence-corrected chi connectivity index (χ0v) is 23.1. The molecule has 5 N–H and O–H groups in total. The van der Waals surface area contributed by atoms with Crippen LogP contribution in [0.2, 0.25) is 0 Å². The van der Waals surface area contributed by atoms with E-state index in [9.17, 15) is 19.8 Å². The molecule has 0 saturated heterocycles. The summed E-state index contributed by atoms with van der Waals surface area (Å²) in [5.74, 6) is -1.11. The summed E-state index contributed by atoms with van der Waals surface area (Å²) in [5, 5.41) is 23.7. The van der Waals surface area contributed by atoms with Gasteiger partial charge in [0.05, 0.1) is 17.9 Å². The van der Waals surface area contributed by atoms with Crippen molar-refractivity contribution in [2.45, 2.75) is 59.4 Å². The number of carbonyl (C=O) groups excluding carboxylic acids is 2. The fraction of sp³-hybridized carbons (Fsp3) is 0.448. The second-order valence-corrected chi connectivity index (χ2v) is 9.78. The monoisotopic (exact) mass is 528 g/mol. The maximum Gasteiger partial charge on any atom is 0.405 e. The number of ether oxygens (including phenoxy) is 3. The molecule has 38 heavy (non-hydrogen) atoms. The Balaban J connectivity index is 2.64. The quantitative estimate of drug-likeness (QED) is 0.244. The van der Waals surface area contributed by atoms with Gasteiger partial charge in [0.2, 0.25) is 0 Å². The van der Waals surface area contributed by atoms with Crippen LogP contribution in [0.4, 0.5) is 10.5 Å². The molecule has 0 saturated carbocycles. The minimum absolute atomic E-state index is 0.0819. The van der Waals surface area contributed by atoms with Gasteiger partial charge in [-0.25, -0.2) is 4.79 Å². The number of carbonyl (C=O) groups is 2. The number of benzene rings is 1. The molecule has 2 bridgehead atoms. The van der Waals surface area contributed by atoms with Crippen molar-refractivity contribution in [3.8, 4) is 11.5 Å². The summed E-state index contributed by atoms with van der Waals surface area (Å²) < 4.78 is 17.1. The summed E-state index contributed by atoms with van der Waals surface area (Å²) in [6, 6.07) is 2.71. The van der Waals surface area contributed by atoms with E-state index in [0.29, 0.717) is 17.6 Å². The van der Waals surface area contributed by atoms with Crippen molar-refractivity contribution in [1.29, 1.82) is 0 Å². The van der Waals surface area contributed by atoms with Gasteiger partial charge in [-0.05, 0) is 38.8 Å². The Hall–Kier alpha value is -3.56. The van der Waals surface area contributed by atoms with Crippen LogP contribution in [-0.4, -0.2) is 54.7 Å². The van der Waals surface area contributed by atoms with Gasteiger partial charge in [0.1, 0.15) is 17.6 Å². The lowest BCUT2D eigenvalue weighted by Crippen LogP contribution is -2.36. The van der Waals surface area contributed by atoms with Crippen molar-refractivity contribution < 1.29 is 34.0 Å². The summed E-state index contributed by atoms with van der Waals surface area (Å²) in [6.45, 7) is 9.24. The largest absolute Gasteiger partial charge is 0.508 e. The number of phenols is 2. The molecule has 1 aliphatic rings. The second kappa shape index (κ2) is 13.8. The first-order valence-corrected chi connectivity index (χ1v) is 12.5. The van der Waals surface area contributed by atoms with Gasteiger partial charge in [-0.15, -0.1) is 0 Å². The van der Waals surface area contributed by atoms with E-state index in [2.05, 4.69) is 5.32 Å². The third-order valence-electron chi connectivity index (χ3n) is 6.57. The highest BCUT2D eigenvalue weighted by molar-refractivity contribution is 6.04. The maximum absolute atomic E-state index is 12.8. The Morgan fingerprint density at radius 2 is 1.76 bits per heavy atom. The number of nitrogens with one attached hydrogen (secondary N) is 1. The van der Waals surface area contributed by atoms with Crippen molar-refractivity contribution in [1.82, 2.24) is 0 Å². The SMILES string of the molecule is CO[C@H]1[C@@H](OC)CC(C)=Cc2cc(O)cc(c2O)NC(=O)C(C)=CC=C[C@H](C)[C@@H](OC(N)=O)C(C)=C[C@@H]1C. The number of methoxy groups -OCH3 is 2. The molecule has 9 nitrogen and oxygen atoms in total. The van der Waals surface area contributed by atoms with E-state index in [4.69, 9.17) is 19.9 Å².